The van der Waals surface area contributed by atoms with Crippen molar-refractivity contribution in [2.45, 2.75) is 52.1 Å². The maximum atomic E-state index is 6.19. The second-order valence-electron chi connectivity index (χ2n) is 4.89. The molecule has 1 heterocycles. The van der Waals surface area contributed by atoms with Crippen molar-refractivity contribution in [2.24, 2.45) is 5.73 Å². The Morgan fingerprint density at radius 3 is 3.12 bits per heavy atom. The summed E-state index contributed by atoms with van der Waals surface area (Å²) in [5, 5.41) is 0. The zero-order valence-electron chi connectivity index (χ0n) is 11.0. The molecule has 0 spiro atoms. The van der Waals surface area contributed by atoms with E-state index < -0.39 is 0 Å². The Hall–Kier alpha value is -0.410. The van der Waals surface area contributed by atoms with Crippen LogP contribution < -0.4 is 5.73 Å². The van der Waals surface area contributed by atoms with E-state index in [1.54, 1.807) is 0 Å². The summed E-state index contributed by atoms with van der Waals surface area (Å²) in [6, 6.07) is 2.59. The van der Waals surface area contributed by atoms with Crippen LogP contribution in [0.1, 0.15) is 49.2 Å². The largest absolute Gasteiger partial charge is 0.349 e. The van der Waals surface area contributed by atoms with Crippen LogP contribution >= 0.6 is 11.8 Å². The summed E-state index contributed by atoms with van der Waals surface area (Å²) in [7, 11) is 0. The first kappa shape index (κ1) is 13.0. The molecule has 17 heavy (non-hydrogen) atoms. The average molecular weight is 252 g/mol. The minimum Gasteiger partial charge on any atom is -0.349 e. The van der Waals surface area contributed by atoms with Gasteiger partial charge in [0.1, 0.15) is 0 Å². The van der Waals surface area contributed by atoms with E-state index in [4.69, 9.17) is 5.73 Å². The Labute approximate surface area is 109 Å². The van der Waals surface area contributed by atoms with Gasteiger partial charge in [-0.05, 0) is 55.7 Å². The summed E-state index contributed by atoms with van der Waals surface area (Å²) < 4.78 is 2.50. The third kappa shape index (κ3) is 2.89. The molecule has 96 valence electrons. The molecule has 0 bridgehead atoms. The fourth-order valence-corrected chi connectivity index (χ4v) is 3.40. The first-order chi connectivity index (χ1) is 8.24. The molecule has 1 unspecified atom stereocenters. The predicted octanol–water partition coefficient (Wildman–Crippen LogP) is 3.28. The van der Waals surface area contributed by atoms with Crippen molar-refractivity contribution in [1.82, 2.24) is 4.57 Å². The lowest BCUT2D eigenvalue weighted by atomic mass is 9.93. The highest BCUT2D eigenvalue weighted by Crippen LogP contribution is 2.30. The molecule has 3 heteroatoms. The standard InChI is InChI=1S/C14H24N2S/c1-3-17-9-5-8-16-11(2)10-12-13(15)6-4-7-14(12)16/h10,13H,3-9,15H2,1-2H3. The van der Waals surface area contributed by atoms with Crippen molar-refractivity contribution < 1.29 is 0 Å². The third-order valence-electron chi connectivity index (χ3n) is 3.65. The Morgan fingerprint density at radius 1 is 1.53 bits per heavy atom. The number of hydrogen-bond donors (Lipinski definition) is 1. The topological polar surface area (TPSA) is 30.9 Å². The molecule has 1 aromatic heterocycles. The molecule has 2 nitrogen and oxygen atoms in total. The van der Waals surface area contributed by atoms with E-state index in [0.29, 0.717) is 0 Å². The van der Waals surface area contributed by atoms with Gasteiger partial charge in [-0.2, -0.15) is 11.8 Å². The van der Waals surface area contributed by atoms with Crippen molar-refractivity contribution in [3.63, 3.8) is 0 Å². The van der Waals surface area contributed by atoms with E-state index in [0.717, 1.165) is 6.42 Å². The van der Waals surface area contributed by atoms with E-state index in [1.165, 1.54) is 54.3 Å². The van der Waals surface area contributed by atoms with Gasteiger partial charge in [-0.15, -0.1) is 0 Å². The van der Waals surface area contributed by atoms with Crippen molar-refractivity contribution >= 4 is 11.8 Å². The SMILES string of the molecule is CCSCCCn1c(C)cc2c1CCCC2N. The van der Waals surface area contributed by atoms with Crippen LogP contribution in [0.3, 0.4) is 0 Å². The Kier molecular flexibility index (Phi) is 4.57. The maximum absolute atomic E-state index is 6.19. The van der Waals surface area contributed by atoms with Crippen molar-refractivity contribution in [3.05, 3.63) is 23.0 Å². The zero-order chi connectivity index (χ0) is 12.3. The van der Waals surface area contributed by atoms with Gasteiger partial charge >= 0.3 is 0 Å². The zero-order valence-corrected chi connectivity index (χ0v) is 11.9. The summed E-state index contributed by atoms with van der Waals surface area (Å²) in [5.74, 6) is 2.50. The van der Waals surface area contributed by atoms with Crippen LogP contribution in [0, 0.1) is 6.92 Å². The summed E-state index contributed by atoms with van der Waals surface area (Å²) in [4.78, 5) is 0. The number of thioether (sulfide) groups is 1. The third-order valence-corrected chi connectivity index (χ3v) is 4.64. The number of nitrogens with two attached hydrogens (primary N) is 1. The minimum absolute atomic E-state index is 0.281. The van der Waals surface area contributed by atoms with E-state index in [2.05, 4.69) is 24.5 Å². The molecule has 0 saturated carbocycles. The van der Waals surface area contributed by atoms with Crippen LogP contribution in [-0.2, 0) is 13.0 Å². The highest BCUT2D eigenvalue weighted by molar-refractivity contribution is 7.99. The van der Waals surface area contributed by atoms with Gasteiger partial charge in [-0.3, -0.25) is 0 Å². The monoisotopic (exact) mass is 252 g/mol. The highest BCUT2D eigenvalue weighted by atomic mass is 32.2. The van der Waals surface area contributed by atoms with Crippen LogP contribution in [0.2, 0.25) is 0 Å². The molecule has 0 aromatic carbocycles. The van der Waals surface area contributed by atoms with Gasteiger partial charge in [0.2, 0.25) is 0 Å². The number of aryl methyl sites for hydroxylation is 1. The molecule has 0 amide bonds. The molecule has 0 aliphatic heterocycles. The maximum Gasteiger partial charge on any atom is 0.0313 e. The van der Waals surface area contributed by atoms with Gasteiger partial charge in [0.05, 0.1) is 0 Å². The van der Waals surface area contributed by atoms with E-state index in [-0.39, 0.29) is 6.04 Å². The van der Waals surface area contributed by atoms with Gasteiger partial charge in [0.25, 0.3) is 0 Å². The lowest BCUT2D eigenvalue weighted by molar-refractivity contribution is 0.534. The molecule has 0 fully saturated rings. The summed E-state index contributed by atoms with van der Waals surface area (Å²) in [6.07, 6.45) is 4.90. The molecular weight excluding hydrogens is 228 g/mol. The second kappa shape index (κ2) is 5.96. The highest BCUT2D eigenvalue weighted by Gasteiger charge is 2.21. The quantitative estimate of drug-likeness (QED) is 0.815. The molecule has 2 rings (SSSR count). The van der Waals surface area contributed by atoms with Crippen molar-refractivity contribution in [3.8, 4) is 0 Å². The van der Waals surface area contributed by atoms with Crippen LogP contribution in [0.25, 0.3) is 0 Å². The van der Waals surface area contributed by atoms with Crippen LogP contribution in [0.5, 0.6) is 0 Å². The Balaban J connectivity index is 2.06. The lowest BCUT2D eigenvalue weighted by Crippen LogP contribution is -2.18. The number of aromatic nitrogens is 1. The molecule has 1 aromatic rings. The predicted molar refractivity (Wildman–Crippen MR) is 76.7 cm³/mol. The van der Waals surface area contributed by atoms with Crippen LogP contribution in [0.4, 0.5) is 0 Å². The van der Waals surface area contributed by atoms with E-state index in [1.807, 2.05) is 11.8 Å². The molecular formula is C14H24N2S. The molecule has 0 radical (unpaired) electrons. The second-order valence-corrected chi connectivity index (χ2v) is 6.28. The van der Waals surface area contributed by atoms with Gasteiger partial charge in [-0.1, -0.05) is 6.92 Å². The molecule has 1 atom stereocenters. The van der Waals surface area contributed by atoms with Crippen LogP contribution in [-0.4, -0.2) is 16.1 Å². The van der Waals surface area contributed by atoms with Crippen LogP contribution in [0.15, 0.2) is 6.07 Å². The van der Waals surface area contributed by atoms with Gasteiger partial charge in [0, 0.05) is 24.0 Å². The molecule has 1 aliphatic carbocycles. The van der Waals surface area contributed by atoms with Gasteiger partial charge < -0.3 is 10.3 Å². The van der Waals surface area contributed by atoms with Gasteiger partial charge in [-0.25, -0.2) is 0 Å². The summed E-state index contributed by atoms with van der Waals surface area (Å²) >= 11 is 2.04. The Morgan fingerprint density at radius 2 is 2.35 bits per heavy atom. The number of rotatable bonds is 5. The normalized spacial score (nSPS) is 19.4. The summed E-state index contributed by atoms with van der Waals surface area (Å²) in [6.45, 7) is 5.62. The smallest absolute Gasteiger partial charge is 0.0313 e. The average Bonchev–Trinajstić information content (AvgIpc) is 2.63. The van der Waals surface area contributed by atoms with Crippen molar-refractivity contribution in [1.29, 1.82) is 0 Å². The minimum atomic E-state index is 0.281. The molecule has 1 aliphatic rings. The lowest BCUT2D eigenvalue weighted by Gasteiger charge is -2.21. The van der Waals surface area contributed by atoms with E-state index in [9.17, 15) is 0 Å². The molecule has 0 saturated heterocycles. The number of nitrogens with zero attached hydrogens (tertiary/aromatic N) is 1. The first-order valence-corrected chi connectivity index (χ1v) is 7.91. The molecule has 2 N–H and O–H groups in total. The van der Waals surface area contributed by atoms with E-state index >= 15 is 0 Å². The fraction of sp³-hybridized carbons (Fsp3) is 0.714. The number of fused-ring (bicyclic) bond motifs is 1. The van der Waals surface area contributed by atoms with Gasteiger partial charge in [0.15, 0.2) is 0 Å². The fourth-order valence-electron chi connectivity index (χ4n) is 2.78. The first-order valence-electron chi connectivity index (χ1n) is 6.76. The summed E-state index contributed by atoms with van der Waals surface area (Å²) in [5.41, 5.74) is 10.5. The Bertz CT molecular complexity index is 371. The number of hydrogen-bond acceptors (Lipinski definition) is 2. The van der Waals surface area contributed by atoms with Crippen molar-refractivity contribution in [2.75, 3.05) is 11.5 Å².